The van der Waals surface area contributed by atoms with E-state index in [1.165, 1.54) is 11.0 Å². The van der Waals surface area contributed by atoms with Crippen LogP contribution in [0.15, 0.2) is 40.9 Å². The predicted octanol–water partition coefficient (Wildman–Crippen LogP) is 6.14. The number of halogens is 2. The SMILES string of the molecule is C[C@H](Nc1nc(Cl)cc(N2C(=O)OC[C@@H]2[C@@H](C)OC(C)(C)C)n1)c1cc(-c2ccc(Cl)cc2)on1. The molecule has 1 saturated heterocycles. The first-order valence-electron chi connectivity index (χ1n) is 11.2. The van der Waals surface area contributed by atoms with Crippen molar-refractivity contribution in [2.75, 3.05) is 16.8 Å². The minimum atomic E-state index is -0.516. The van der Waals surface area contributed by atoms with Crippen molar-refractivity contribution in [3.05, 3.63) is 52.3 Å². The smallest absolute Gasteiger partial charge is 0.416 e. The molecular weight excluding hydrogens is 493 g/mol. The zero-order valence-electron chi connectivity index (χ0n) is 20.1. The number of hydrogen-bond donors (Lipinski definition) is 1. The van der Waals surface area contributed by atoms with Gasteiger partial charge in [-0.1, -0.05) is 28.4 Å². The molecule has 4 rings (SSSR count). The van der Waals surface area contributed by atoms with E-state index in [2.05, 4.69) is 20.4 Å². The van der Waals surface area contributed by atoms with Gasteiger partial charge >= 0.3 is 6.09 Å². The van der Waals surface area contributed by atoms with Crippen LogP contribution in [0.25, 0.3) is 11.3 Å². The molecule has 35 heavy (non-hydrogen) atoms. The van der Waals surface area contributed by atoms with Gasteiger partial charge in [0.05, 0.1) is 17.7 Å². The van der Waals surface area contributed by atoms with Gasteiger partial charge in [-0.2, -0.15) is 4.98 Å². The maximum absolute atomic E-state index is 12.6. The first kappa shape index (κ1) is 25.2. The molecular formula is C24H27Cl2N5O4. The molecule has 1 aromatic carbocycles. The van der Waals surface area contributed by atoms with Crippen LogP contribution in [-0.4, -0.2) is 45.6 Å². The number of nitrogens with zero attached hydrogens (tertiary/aromatic N) is 4. The number of nitrogens with one attached hydrogen (secondary N) is 1. The van der Waals surface area contributed by atoms with E-state index < -0.39 is 6.09 Å². The van der Waals surface area contributed by atoms with Crippen molar-refractivity contribution < 1.29 is 18.8 Å². The Hall–Kier alpha value is -2.88. The minimum absolute atomic E-state index is 0.176. The van der Waals surface area contributed by atoms with Crippen LogP contribution < -0.4 is 10.2 Å². The highest BCUT2D eigenvalue weighted by molar-refractivity contribution is 6.30. The molecule has 0 unspecified atom stereocenters. The number of benzene rings is 1. The third kappa shape index (κ3) is 6.04. The third-order valence-corrected chi connectivity index (χ3v) is 5.81. The molecule has 3 atom stereocenters. The van der Waals surface area contributed by atoms with Gasteiger partial charge in [-0.25, -0.2) is 9.78 Å². The number of amides is 1. The van der Waals surface area contributed by atoms with E-state index in [0.29, 0.717) is 22.3 Å². The maximum Gasteiger partial charge on any atom is 0.416 e. The highest BCUT2D eigenvalue weighted by Gasteiger charge is 2.40. The molecule has 1 fully saturated rings. The molecule has 0 spiro atoms. The van der Waals surface area contributed by atoms with Crippen molar-refractivity contribution in [1.82, 2.24) is 15.1 Å². The zero-order chi connectivity index (χ0) is 25.3. The normalized spacial score (nSPS) is 17.9. The summed E-state index contributed by atoms with van der Waals surface area (Å²) < 4.78 is 16.8. The van der Waals surface area contributed by atoms with Crippen LogP contribution in [-0.2, 0) is 9.47 Å². The lowest BCUT2D eigenvalue weighted by molar-refractivity contribution is -0.0618. The number of hydrogen-bond acceptors (Lipinski definition) is 8. The summed E-state index contributed by atoms with van der Waals surface area (Å²) in [6, 6.07) is 9.95. The molecule has 9 nitrogen and oxygen atoms in total. The number of cyclic esters (lactones) is 1. The van der Waals surface area contributed by atoms with Crippen LogP contribution in [0.5, 0.6) is 0 Å². The predicted molar refractivity (Wildman–Crippen MR) is 134 cm³/mol. The Morgan fingerprint density at radius 1 is 1.14 bits per heavy atom. The molecule has 1 aliphatic heterocycles. The lowest BCUT2D eigenvalue weighted by Gasteiger charge is -2.31. The van der Waals surface area contributed by atoms with Crippen molar-refractivity contribution >= 4 is 41.1 Å². The zero-order valence-corrected chi connectivity index (χ0v) is 21.6. The number of rotatable bonds is 7. The quantitative estimate of drug-likeness (QED) is 0.371. The molecule has 0 radical (unpaired) electrons. The standard InChI is InChI=1S/C24H27Cl2N5O4/c1-13(17-10-19(35-30-17)15-6-8-16(25)9-7-15)27-22-28-20(26)11-21(29-22)31-18(12-33-23(31)32)14(2)34-24(3,4)5/h6-11,13-14,18H,12H2,1-5H3,(H,27,28,29)/t13-,14+,18+/m0/s1. The first-order valence-corrected chi connectivity index (χ1v) is 11.9. The summed E-state index contributed by atoms with van der Waals surface area (Å²) in [5, 5.41) is 8.14. The highest BCUT2D eigenvalue weighted by Crippen LogP contribution is 2.30. The van der Waals surface area contributed by atoms with Gasteiger partial charge in [0.15, 0.2) is 5.76 Å². The molecule has 0 saturated carbocycles. The Balaban J connectivity index is 1.53. The van der Waals surface area contributed by atoms with Crippen LogP contribution in [0.1, 0.15) is 46.4 Å². The third-order valence-electron chi connectivity index (χ3n) is 5.36. The van der Waals surface area contributed by atoms with Crippen molar-refractivity contribution in [3.8, 4) is 11.3 Å². The van der Waals surface area contributed by atoms with Crippen molar-refractivity contribution in [3.63, 3.8) is 0 Å². The number of carbonyl (C=O) groups is 1. The summed E-state index contributed by atoms with van der Waals surface area (Å²) in [5.41, 5.74) is 1.11. The lowest BCUT2D eigenvalue weighted by Crippen LogP contribution is -2.45. The fourth-order valence-corrected chi connectivity index (χ4v) is 4.09. The van der Waals surface area contributed by atoms with Crippen molar-refractivity contribution in [2.24, 2.45) is 0 Å². The summed E-state index contributed by atoms with van der Waals surface area (Å²) in [6.45, 7) is 9.84. The molecule has 3 heterocycles. The average Bonchev–Trinajstić information content (AvgIpc) is 3.40. The maximum atomic E-state index is 12.6. The fraction of sp³-hybridized carbons (Fsp3) is 0.417. The molecule has 3 aromatic rings. The lowest BCUT2D eigenvalue weighted by atomic mass is 10.1. The van der Waals surface area contributed by atoms with Gasteiger partial charge in [-0.15, -0.1) is 0 Å². The van der Waals surface area contributed by atoms with E-state index in [0.717, 1.165) is 5.56 Å². The van der Waals surface area contributed by atoms with Gasteiger partial charge < -0.3 is 19.3 Å². The van der Waals surface area contributed by atoms with Crippen LogP contribution in [0.3, 0.4) is 0 Å². The molecule has 0 bridgehead atoms. The summed E-state index contributed by atoms with van der Waals surface area (Å²) in [4.78, 5) is 22.8. The second-order valence-electron chi connectivity index (χ2n) is 9.31. The van der Waals surface area contributed by atoms with Gasteiger partial charge in [0.25, 0.3) is 0 Å². The largest absolute Gasteiger partial charge is 0.447 e. The molecule has 0 aliphatic carbocycles. The Kier molecular flexibility index (Phi) is 7.21. The molecule has 1 amide bonds. The van der Waals surface area contributed by atoms with Crippen molar-refractivity contribution in [2.45, 2.75) is 58.4 Å². The number of anilines is 2. The monoisotopic (exact) mass is 519 g/mol. The Morgan fingerprint density at radius 2 is 1.86 bits per heavy atom. The van der Waals surface area contributed by atoms with Crippen LogP contribution in [0.4, 0.5) is 16.6 Å². The second kappa shape index (κ2) is 10.0. The van der Waals surface area contributed by atoms with Gasteiger partial charge in [0, 0.05) is 22.7 Å². The molecule has 1 N–H and O–H groups in total. The number of aromatic nitrogens is 3. The van der Waals surface area contributed by atoms with E-state index in [4.69, 9.17) is 37.2 Å². The van der Waals surface area contributed by atoms with E-state index in [1.807, 2.05) is 52.8 Å². The van der Waals surface area contributed by atoms with E-state index in [-0.39, 0.29) is 41.5 Å². The van der Waals surface area contributed by atoms with Crippen LogP contribution in [0, 0.1) is 0 Å². The molecule has 1 aliphatic rings. The van der Waals surface area contributed by atoms with Gasteiger partial charge in [-0.05, 0) is 58.9 Å². The summed E-state index contributed by atoms with van der Waals surface area (Å²) in [5.74, 6) is 1.16. The second-order valence-corrected chi connectivity index (χ2v) is 10.1. The molecule has 186 valence electrons. The van der Waals surface area contributed by atoms with Gasteiger partial charge in [-0.3, -0.25) is 4.90 Å². The summed E-state index contributed by atoms with van der Waals surface area (Å²) in [6.07, 6.45) is -0.816. The number of carbonyl (C=O) groups excluding carboxylic acids is 1. The fourth-order valence-electron chi connectivity index (χ4n) is 3.79. The van der Waals surface area contributed by atoms with Crippen LogP contribution >= 0.6 is 23.2 Å². The van der Waals surface area contributed by atoms with Gasteiger partial charge in [0.2, 0.25) is 5.95 Å². The Bertz CT molecular complexity index is 1200. The highest BCUT2D eigenvalue weighted by atomic mass is 35.5. The van der Waals surface area contributed by atoms with E-state index in [9.17, 15) is 4.79 Å². The Morgan fingerprint density at radius 3 is 2.54 bits per heavy atom. The average molecular weight is 520 g/mol. The Labute approximate surface area is 213 Å². The molecule has 2 aromatic heterocycles. The first-order chi connectivity index (χ1) is 16.5. The minimum Gasteiger partial charge on any atom is -0.447 e. The molecule has 11 heteroatoms. The van der Waals surface area contributed by atoms with Gasteiger partial charge in [0.1, 0.15) is 29.3 Å². The summed E-state index contributed by atoms with van der Waals surface area (Å²) >= 11 is 12.3. The van der Waals surface area contributed by atoms with Crippen LogP contribution in [0.2, 0.25) is 10.2 Å². The summed E-state index contributed by atoms with van der Waals surface area (Å²) in [7, 11) is 0. The number of ether oxygens (including phenoxy) is 2. The van der Waals surface area contributed by atoms with E-state index >= 15 is 0 Å². The topological polar surface area (TPSA) is 103 Å². The van der Waals surface area contributed by atoms with E-state index in [1.54, 1.807) is 12.1 Å². The van der Waals surface area contributed by atoms with Crippen molar-refractivity contribution in [1.29, 1.82) is 0 Å².